The van der Waals surface area contributed by atoms with E-state index in [0.717, 1.165) is 11.1 Å². The third-order valence-electron chi connectivity index (χ3n) is 6.46. The molecule has 0 aliphatic carbocycles. The molecular formula is C29H32ClN3O5S. The highest BCUT2D eigenvalue weighted by Gasteiger charge is 2.34. The minimum absolute atomic E-state index is 0. The molecule has 4 rings (SSSR count). The molecule has 0 bridgehead atoms. The zero-order valence-corrected chi connectivity index (χ0v) is 23.8. The molecule has 0 amide bonds. The predicted molar refractivity (Wildman–Crippen MR) is 156 cm³/mol. The van der Waals surface area contributed by atoms with Crippen molar-refractivity contribution in [2.75, 3.05) is 20.6 Å². The van der Waals surface area contributed by atoms with Crippen molar-refractivity contribution >= 4 is 39.1 Å². The molecule has 0 spiro atoms. The first-order valence-corrected chi connectivity index (χ1v) is 13.6. The number of sulfonamides is 1. The number of halogens is 1. The molecule has 2 N–H and O–H groups in total. The van der Waals surface area contributed by atoms with Gasteiger partial charge in [0.2, 0.25) is 0 Å². The van der Waals surface area contributed by atoms with E-state index in [1.54, 1.807) is 43.3 Å². The summed E-state index contributed by atoms with van der Waals surface area (Å²) in [4.78, 5) is 17.7. The smallest absolute Gasteiger partial charge is 0.343 e. The van der Waals surface area contributed by atoms with E-state index in [2.05, 4.69) is 9.93 Å². The van der Waals surface area contributed by atoms with Crippen molar-refractivity contribution in [3.63, 3.8) is 0 Å². The topological polar surface area (TPSA) is 112 Å². The molecule has 206 valence electrons. The second kappa shape index (κ2) is 12.5. The highest BCUT2D eigenvalue weighted by atomic mass is 35.5. The molecule has 1 aromatic heterocycles. The summed E-state index contributed by atoms with van der Waals surface area (Å²) in [5.41, 5.74) is 1.85. The van der Waals surface area contributed by atoms with Gasteiger partial charge in [0.1, 0.15) is 11.3 Å². The summed E-state index contributed by atoms with van der Waals surface area (Å²) in [5, 5.41) is 16.0. The second-order valence-electron chi connectivity index (χ2n) is 9.57. The van der Waals surface area contributed by atoms with Crippen molar-refractivity contribution < 1.29 is 17.9 Å². The van der Waals surface area contributed by atoms with Crippen molar-refractivity contribution in [2.45, 2.75) is 24.7 Å². The average Bonchev–Trinajstić information content (AvgIpc) is 2.89. The van der Waals surface area contributed by atoms with Crippen LogP contribution in [0.2, 0.25) is 0 Å². The lowest BCUT2D eigenvalue weighted by atomic mass is 9.78. The number of hydrogen-bond acceptors (Lipinski definition) is 7. The van der Waals surface area contributed by atoms with E-state index in [0.29, 0.717) is 17.6 Å². The molecule has 2 atom stereocenters. The molecule has 0 saturated carbocycles. The van der Waals surface area contributed by atoms with Gasteiger partial charge in [-0.25, -0.2) is 9.63 Å². The van der Waals surface area contributed by atoms with Crippen LogP contribution in [-0.4, -0.2) is 44.8 Å². The van der Waals surface area contributed by atoms with Crippen LogP contribution < -0.4 is 10.5 Å². The van der Waals surface area contributed by atoms with Crippen LogP contribution in [-0.2, 0) is 10.0 Å². The van der Waals surface area contributed by atoms with Crippen molar-refractivity contribution in [1.82, 2.24) is 9.73 Å². The van der Waals surface area contributed by atoms with Gasteiger partial charge in [-0.3, -0.25) is 0 Å². The summed E-state index contributed by atoms with van der Waals surface area (Å²) in [6.07, 6.45) is 0. The average molecular weight is 570 g/mol. The van der Waals surface area contributed by atoms with Gasteiger partial charge in [-0.15, -0.1) is 12.4 Å². The standard InChI is InChI=1S/C29H31N3O5S.ClH/c1-19-14-16-22(17-15-19)38(35,36)31-30-20(2)24(18-32(3)4)26(21-10-6-5-7-11-21)27-28(33)23-12-8-9-13-25(23)37-29(27)34;/h5-17,24,26,31,33H,18H2,1-4H3;1H. The highest BCUT2D eigenvalue weighted by Crippen LogP contribution is 2.39. The third kappa shape index (κ3) is 6.68. The summed E-state index contributed by atoms with van der Waals surface area (Å²) in [5.74, 6) is -1.34. The van der Waals surface area contributed by atoms with Crippen molar-refractivity contribution in [3.8, 4) is 5.75 Å². The summed E-state index contributed by atoms with van der Waals surface area (Å²) in [6, 6.07) is 22.6. The minimum Gasteiger partial charge on any atom is -0.507 e. The molecule has 4 aromatic rings. The Balaban J connectivity index is 0.00000420. The predicted octanol–water partition coefficient (Wildman–Crippen LogP) is 4.89. The number of rotatable bonds is 9. The Morgan fingerprint density at radius 3 is 2.26 bits per heavy atom. The molecule has 0 saturated heterocycles. The Hall–Kier alpha value is -3.66. The number of aryl methyl sites for hydroxylation is 1. The van der Waals surface area contributed by atoms with Crippen molar-refractivity contribution in [1.29, 1.82) is 0 Å². The minimum atomic E-state index is -3.91. The first kappa shape index (κ1) is 29.9. The number of benzene rings is 3. The van der Waals surface area contributed by atoms with E-state index in [4.69, 9.17) is 4.42 Å². The Labute approximate surface area is 234 Å². The fourth-order valence-corrected chi connectivity index (χ4v) is 5.40. The van der Waals surface area contributed by atoms with Crippen LogP contribution in [0.5, 0.6) is 5.75 Å². The van der Waals surface area contributed by atoms with Crippen LogP contribution in [0.25, 0.3) is 11.0 Å². The Bertz CT molecular complexity index is 1620. The second-order valence-corrected chi connectivity index (χ2v) is 11.2. The molecular weight excluding hydrogens is 538 g/mol. The lowest BCUT2D eigenvalue weighted by Crippen LogP contribution is -2.35. The molecule has 8 nitrogen and oxygen atoms in total. The number of nitrogens with zero attached hydrogens (tertiary/aromatic N) is 2. The summed E-state index contributed by atoms with van der Waals surface area (Å²) >= 11 is 0. The van der Waals surface area contributed by atoms with E-state index in [-0.39, 0.29) is 34.2 Å². The molecule has 0 aliphatic rings. The zero-order valence-electron chi connectivity index (χ0n) is 22.2. The largest absolute Gasteiger partial charge is 0.507 e. The zero-order chi connectivity index (χ0) is 27.4. The molecule has 1 heterocycles. The summed E-state index contributed by atoms with van der Waals surface area (Å²) in [7, 11) is -0.162. The SMILES string of the molecule is CC(=NNS(=O)(=O)c1ccc(C)cc1)C(CN(C)C)C(c1ccccc1)c1c(O)c2ccccc2oc1=O.Cl. The molecule has 2 unspecified atom stereocenters. The Kier molecular flexibility index (Phi) is 9.55. The van der Waals surface area contributed by atoms with Crippen molar-refractivity contribution in [2.24, 2.45) is 11.0 Å². The van der Waals surface area contributed by atoms with Crippen LogP contribution in [0.3, 0.4) is 0 Å². The van der Waals surface area contributed by atoms with E-state index < -0.39 is 27.5 Å². The Morgan fingerprint density at radius 1 is 1.00 bits per heavy atom. The number of hydrazone groups is 1. The number of para-hydroxylation sites is 1. The monoisotopic (exact) mass is 569 g/mol. The van der Waals surface area contributed by atoms with Gasteiger partial charge in [0.05, 0.1) is 15.8 Å². The van der Waals surface area contributed by atoms with Gasteiger partial charge in [-0.1, -0.05) is 60.2 Å². The van der Waals surface area contributed by atoms with Gasteiger partial charge in [0, 0.05) is 24.1 Å². The quantitative estimate of drug-likeness (QED) is 0.169. The van der Waals surface area contributed by atoms with E-state index in [9.17, 15) is 18.3 Å². The van der Waals surface area contributed by atoms with Gasteiger partial charge >= 0.3 is 5.63 Å². The molecule has 39 heavy (non-hydrogen) atoms. The van der Waals surface area contributed by atoms with Gasteiger partial charge < -0.3 is 14.4 Å². The fourth-order valence-electron chi connectivity index (χ4n) is 4.54. The van der Waals surface area contributed by atoms with Crippen LogP contribution in [0, 0.1) is 12.8 Å². The number of aromatic hydroxyl groups is 1. The molecule has 10 heteroatoms. The van der Waals surface area contributed by atoms with Gasteiger partial charge in [0.25, 0.3) is 10.0 Å². The highest BCUT2D eigenvalue weighted by molar-refractivity contribution is 7.89. The van der Waals surface area contributed by atoms with Gasteiger partial charge in [-0.05, 0) is 57.8 Å². The maximum atomic E-state index is 13.3. The van der Waals surface area contributed by atoms with Gasteiger partial charge in [0.15, 0.2) is 0 Å². The molecule has 0 radical (unpaired) electrons. The fraction of sp³-hybridized carbons (Fsp3) is 0.241. The van der Waals surface area contributed by atoms with Crippen LogP contribution in [0.1, 0.15) is 29.5 Å². The number of hydrogen-bond donors (Lipinski definition) is 2. The van der Waals surface area contributed by atoms with Crippen LogP contribution in [0.15, 0.2) is 98.1 Å². The van der Waals surface area contributed by atoms with Crippen LogP contribution >= 0.6 is 12.4 Å². The number of nitrogens with one attached hydrogen (secondary N) is 1. The first-order chi connectivity index (χ1) is 18.1. The summed E-state index contributed by atoms with van der Waals surface area (Å²) in [6.45, 7) is 3.99. The lowest BCUT2D eigenvalue weighted by Gasteiger charge is -2.30. The van der Waals surface area contributed by atoms with E-state index >= 15 is 0 Å². The Morgan fingerprint density at radius 2 is 1.62 bits per heavy atom. The maximum Gasteiger partial charge on any atom is 0.343 e. The third-order valence-corrected chi connectivity index (χ3v) is 7.69. The molecule has 0 fully saturated rings. The van der Waals surface area contributed by atoms with E-state index in [1.165, 1.54) is 12.1 Å². The number of fused-ring (bicyclic) bond motifs is 1. The molecule has 0 aliphatic heterocycles. The van der Waals surface area contributed by atoms with Crippen LogP contribution in [0.4, 0.5) is 0 Å². The van der Waals surface area contributed by atoms with Crippen molar-refractivity contribution in [3.05, 3.63) is 106 Å². The van der Waals surface area contributed by atoms with E-state index in [1.807, 2.05) is 56.3 Å². The lowest BCUT2D eigenvalue weighted by molar-refractivity contribution is 0.346. The normalized spacial score (nSPS) is 13.6. The first-order valence-electron chi connectivity index (χ1n) is 12.2. The molecule has 3 aromatic carbocycles. The summed E-state index contributed by atoms with van der Waals surface area (Å²) < 4.78 is 31.5. The maximum absolute atomic E-state index is 13.3. The van der Waals surface area contributed by atoms with Gasteiger partial charge in [-0.2, -0.15) is 13.5 Å².